The Bertz CT molecular complexity index is 597. The fourth-order valence-electron chi connectivity index (χ4n) is 4.01. The number of likely N-dealkylation sites (tertiary alicyclic amines) is 2. The number of nitrogens with zero attached hydrogens (tertiary/aromatic N) is 2. The molecule has 0 N–H and O–H groups in total. The van der Waals surface area contributed by atoms with Crippen LogP contribution in [0.3, 0.4) is 0 Å². The number of ether oxygens (including phenoxy) is 1. The number of benzene rings is 1. The highest BCUT2D eigenvalue weighted by Gasteiger charge is 2.42. The lowest BCUT2D eigenvalue weighted by atomic mass is 10.0. The number of hydrogen-bond donors (Lipinski definition) is 0. The fraction of sp³-hybridized carbons (Fsp3) is 0.650. The molecule has 0 radical (unpaired) electrons. The van der Waals surface area contributed by atoms with Gasteiger partial charge in [0.05, 0.1) is 6.04 Å². The Balaban J connectivity index is 1.71. The lowest BCUT2D eigenvalue weighted by Crippen LogP contribution is -2.46. The zero-order chi connectivity index (χ0) is 18.0. The summed E-state index contributed by atoms with van der Waals surface area (Å²) in [6.45, 7) is 8.59. The number of rotatable bonds is 2. The average molecular weight is 365 g/mol. The van der Waals surface area contributed by atoms with Crippen molar-refractivity contribution in [2.45, 2.75) is 70.7 Å². The second-order valence-electron chi connectivity index (χ2n) is 8.19. The molecule has 25 heavy (non-hydrogen) atoms. The summed E-state index contributed by atoms with van der Waals surface area (Å²) in [5, 5.41) is 0.773. The monoisotopic (exact) mass is 364 g/mol. The average Bonchev–Trinajstić information content (AvgIpc) is 2.85. The van der Waals surface area contributed by atoms with E-state index in [9.17, 15) is 4.79 Å². The van der Waals surface area contributed by atoms with Gasteiger partial charge in [-0.15, -0.1) is 0 Å². The van der Waals surface area contributed by atoms with Crippen molar-refractivity contribution in [2.24, 2.45) is 0 Å². The maximum absolute atomic E-state index is 12.6. The molecule has 1 aromatic carbocycles. The van der Waals surface area contributed by atoms with E-state index in [1.165, 1.54) is 12.0 Å². The molecular formula is C20H29ClN2O2. The first-order valence-electron chi connectivity index (χ1n) is 9.31. The lowest BCUT2D eigenvalue weighted by molar-refractivity contribution is 0.0186. The number of halogens is 1. The van der Waals surface area contributed by atoms with Crippen LogP contribution in [0.1, 0.15) is 52.0 Å². The summed E-state index contributed by atoms with van der Waals surface area (Å²) in [5.74, 6) is 0. The van der Waals surface area contributed by atoms with Crippen LogP contribution in [0.5, 0.6) is 0 Å². The molecule has 4 nitrogen and oxygen atoms in total. The predicted octanol–water partition coefficient (Wildman–Crippen LogP) is 4.70. The summed E-state index contributed by atoms with van der Waals surface area (Å²) in [5.41, 5.74) is 0.837. The molecule has 0 bridgehead atoms. The minimum Gasteiger partial charge on any atom is -0.444 e. The van der Waals surface area contributed by atoms with Crippen molar-refractivity contribution in [1.29, 1.82) is 0 Å². The SMILES string of the molecule is CC(C)(C)OC(=O)N1CC[C@@H]2[C@H]1CCCCN2Cc1ccc(Cl)cc1. The van der Waals surface area contributed by atoms with Gasteiger partial charge in [-0.25, -0.2) is 4.79 Å². The first-order valence-corrected chi connectivity index (χ1v) is 9.69. The highest BCUT2D eigenvalue weighted by atomic mass is 35.5. The molecule has 138 valence electrons. The molecule has 2 atom stereocenters. The van der Waals surface area contributed by atoms with Gasteiger partial charge in [0.2, 0.25) is 0 Å². The third-order valence-electron chi connectivity index (χ3n) is 5.10. The van der Waals surface area contributed by atoms with Crippen molar-refractivity contribution >= 4 is 17.7 Å². The molecule has 0 spiro atoms. The van der Waals surface area contributed by atoms with Crippen LogP contribution < -0.4 is 0 Å². The molecule has 0 aromatic heterocycles. The molecule has 1 aromatic rings. The molecule has 2 saturated heterocycles. The van der Waals surface area contributed by atoms with Crippen LogP contribution in [0, 0.1) is 0 Å². The van der Waals surface area contributed by atoms with Gasteiger partial charge in [0.1, 0.15) is 5.60 Å². The zero-order valence-electron chi connectivity index (χ0n) is 15.5. The van der Waals surface area contributed by atoms with Gasteiger partial charge in [-0.3, -0.25) is 4.90 Å². The molecule has 2 aliphatic rings. The molecule has 0 aliphatic carbocycles. The number of amides is 1. The first kappa shape index (κ1) is 18.5. The van der Waals surface area contributed by atoms with Gasteiger partial charge in [0.15, 0.2) is 0 Å². The number of carbonyl (C=O) groups is 1. The number of hydrogen-bond acceptors (Lipinski definition) is 3. The molecule has 0 saturated carbocycles. The van der Waals surface area contributed by atoms with Crippen molar-refractivity contribution < 1.29 is 9.53 Å². The second-order valence-corrected chi connectivity index (χ2v) is 8.63. The Kier molecular flexibility index (Phi) is 5.59. The van der Waals surface area contributed by atoms with Crippen LogP contribution in [0.25, 0.3) is 0 Å². The number of fused-ring (bicyclic) bond motifs is 1. The van der Waals surface area contributed by atoms with E-state index in [4.69, 9.17) is 16.3 Å². The van der Waals surface area contributed by atoms with Crippen molar-refractivity contribution in [3.8, 4) is 0 Å². The van der Waals surface area contributed by atoms with E-state index >= 15 is 0 Å². The Morgan fingerprint density at radius 3 is 2.52 bits per heavy atom. The molecule has 0 unspecified atom stereocenters. The Hall–Kier alpha value is -1.26. The van der Waals surface area contributed by atoms with Crippen LogP contribution >= 0.6 is 11.6 Å². The van der Waals surface area contributed by atoms with Crippen LogP contribution in [0.4, 0.5) is 4.79 Å². The third kappa shape index (κ3) is 4.68. The number of carbonyl (C=O) groups excluding carboxylic acids is 1. The topological polar surface area (TPSA) is 32.8 Å². The van der Waals surface area contributed by atoms with E-state index < -0.39 is 5.60 Å². The summed E-state index contributed by atoms with van der Waals surface area (Å²) in [7, 11) is 0. The van der Waals surface area contributed by atoms with Crippen LogP contribution in [0.2, 0.25) is 5.02 Å². The Morgan fingerprint density at radius 2 is 1.84 bits per heavy atom. The van der Waals surface area contributed by atoms with Gasteiger partial charge in [-0.1, -0.05) is 30.2 Å². The molecule has 2 aliphatic heterocycles. The molecule has 5 heteroatoms. The fourth-order valence-corrected chi connectivity index (χ4v) is 4.14. The minimum absolute atomic E-state index is 0.159. The highest BCUT2D eigenvalue weighted by Crippen LogP contribution is 2.32. The quantitative estimate of drug-likeness (QED) is 0.762. The predicted molar refractivity (Wildman–Crippen MR) is 101 cm³/mol. The Labute approximate surface area is 156 Å². The summed E-state index contributed by atoms with van der Waals surface area (Å²) < 4.78 is 5.63. The minimum atomic E-state index is -0.442. The first-order chi connectivity index (χ1) is 11.8. The highest BCUT2D eigenvalue weighted by molar-refractivity contribution is 6.30. The van der Waals surface area contributed by atoms with Gasteiger partial charge in [0, 0.05) is 24.2 Å². The third-order valence-corrected chi connectivity index (χ3v) is 5.35. The van der Waals surface area contributed by atoms with Crippen LogP contribution in [-0.4, -0.2) is 46.7 Å². The van der Waals surface area contributed by atoms with Gasteiger partial charge >= 0.3 is 6.09 Å². The molecule has 3 rings (SSSR count). The molecular weight excluding hydrogens is 336 g/mol. The zero-order valence-corrected chi connectivity index (χ0v) is 16.3. The van der Waals surface area contributed by atoms with E-state index in [-0.39, 0.29) is 12.1 Å². The van der Waals surface area contributed by atoms with Gasteiger partial charge in [-0.2, -0.15) is 0 Å². The normalized spacial score (nSPS) is 24.7. The summed E-state index contributed by atoms with van der Waals surface area (Å²) in [6, 6.07) is 8.79. The summed E-state index contributed by atoms with van der Waals surface area (Å²) >= 11 is 6.00. The van der Waals surface area contributed by atoms with Gasteiger partial charge in [-0.05, 0) is 64.3 Å². The van der Waals surface area contributed by atoms with E-state index in [0.29, 0.717) is 6.04 Å². The molecule has 2 heterocycles. The maximum Gasteiger partial charge on any atom is 0.410 e. The van der Waals surface area contributed by atoms with Crippen molar-refractivity contribution in [3.63, 3.8) is 0 Å². The van der Waals surface area contributed by atoms with Crippen LogP contribution in [-0.2, 0) is 11.3 Å². The second kappa shape index (κ2) is 7.55. The molecule has 1 amide bonds. The Morgan fingerprint density at radius 1 is 1.12 bits per heavy atom. The summed E-state index contributed by atoms with van der Waals surface area (Å²) in [4.78, 5) is 17.1. The van der Waals surface area contributed by atoms with Crippen molar-refractivity contribution in [3.05, 3.63) is 34.9 Å². The maximum atomic E-state index is 12.6. The lowest BCUT2D eigenvalue weighted by Gasteiger charge is -2.34. The van der Waals surface area contributed by atoms with Gasteiger partial charge in [0.25, 0.3) is 0 Å². The standard InChI is InChI=1S/C20H29ClN2O2/c1-20(2,3)25-19(24)23-13-11-17-18(23)6-4-5-12-22(17)14-15-7-9-16(21)10-8-15/h7-10,17-18H,4-6,11-14H2,1-3H3/t17-,18-/m1/s1. The van der Waals surface area contributed by atoms with Crippen molar-refractivity contribution in [1.82, 2.24) is 9.80 Å². The van der Waals surface area contributed by atoms with E-state index in [1.807, 2.05) is 37.8 Å². The van der Waals surface area contributed by atoms with Gasteiger partial charge < -0.3 is 9.64 Å². The van der Waals surface area contributed by atoms with E-state index in [0.717, 1.165) is 43.9 Å². The van der Waals surface area contributed by atoms with Crippen molar-refractivity contribution in [2.75, 3.05) is 13.1 Å². The molecule has 2 fully saturated rings. The van der Waals surface area contributed by atoms with E-state index in [2.05, 4.69) is 17.0 Å². The van der Waals surface area contributed by atoms with Crippen LogP contribution in [0.15, 0.2) is 24.3 Å². The smallest absolute Gasteiger partial charge is 0.410 e. The summed E-state index contributed by atoms with van der Waals surface area (Å²) in [6.07, 6.45) is 4.28. The largest absolute Gasteiger partial charge is 0.444 e. The van der Waals surface area contributed by atoms with E-state index in [1.54, 1.807) is 0 Å².